The highest BCUT2D eigenvalue weighted by atomic mass is 35.5. The van der Waals surface area contributed by atoms with Crippen molar-refractivity contribution in [3.63, 3.8) is 0 Å². The summed E-state index contributed by atoms with van der Waals surface area (Å²) in [5, 5.41) is 11.0. The average molecular weight is 271 g/mol. The lowest BCUT2D eigenvalue weighted by atomic mass is 10.2. The van der Waals surface area contributed by atoms with Crippen LogP contribution in [0.25, 0.3) is 11.6 Å². The normalized spacial score (nSPS) is 11.7. The zero-order valence-corrected chi connectivity index (χ0v) is 10.4. The molecule has 5 heteroatoms. The van der Waals surface area contributed by atoms with Gasteiger partial charge in [-0.2, -0.15) is 0 Å². The van der Waals surface area contributed by atoms with E-state index in [0.29, 0.717) is 9.21 Å². The number of rotatable bonds is 3. The van der Waals surface area contributed by atoms with Crippen molar-refractivity contribution in [2.45, 2.75) is 0 Å². The molecule has 0 aliphatic carbocycles. The van der Waals surface area contributed by atoms with Gasteiger partial charge in [0.05, 0.1) is 9.91 Å². The first kappa shape index (κ1) is 11.4. The predicted octanol–water partition coefficient (Wildman–Crippen LogP) is 4.09. The van der Waals surface area contributed by atoms with Gasteiger partial charge < -0.3 is 5.11 Å². The van der Waals surface area contributed by atoms with Gasteiger partial charge in [0.25, 0.3) is 0 Å². The second-order valence-corrected chi connectivity index (χ2v) is 5.68. The van der Waals surface area contributed by atoms with Crippen LogP contribution in [-0.2, 0) is 4.79 Å². The summed E-state index contributed by atoms with van der Waals surface area (Å²) in [5.74, 6) is -0.938. The Balaban J connectivity index is 2.42. The molecule has 0 aliphatic rings. The van der Waals surface area contributed by atoms with Gasteiger partial charge in [-0.1, -0.05) is 17.7 Å². The Kier molecular flexibility index (Phi) is 3.43. The summed E-state index contributed by atoms with van der Waals surface area (Å²) in [7, 11) is 0. The number of carboxylic acid groups (broad SMARTS) is 1. The first-order valence-electron chi connectivity index (χ1n) is 4.41. The molecule has 2 nitrogen and oxygen atoms in total. The Labute approximate surface area is 105 Å². The molecule has 0 aliphatic heterocycles. The minimum atomic E-state index is -0.938. The summed E-state index contributed by atoms with van der Waals surface area (Å²) in [6, 6.07) is 7.19. The predicted molar refractivity (Wildman–Crippen MR) is 69.2 cm³/mol. The third-order valence-electron chi connectivity index (χ3n) is 1.90. The Hall–Kier alpha value is -1.10. The van der Waals surface area contributed by atoms with Crippen molar-refractivity contribution in [3.8, 4) is 0 Å². The zero-order valence-electron chi connectivity index (χ0n) is 8.01. The topological polar surface area (TPSA) is 37.3 Å². The van der Waals surface area contributed by atoms with Crippen LogP contribution in [0.1, 0.15) is 9.75 Å². The molecule has 0 radical (unpaired) electrons. The molecule has 2 rings (SSSR count). The highest BCUT2D eigenvalue weighted by Crippen LogP contribution is 2.29. The lowest BCUT2D eigenvalue weighted by Crippen LogP contribution is -1.97. The second-order valence-electron chi connectivity index (χ2n) is 2.98. The van der Waals surface area contributed by atoms with Crippen LogP contribution in [0.15, 0.2) is 29.6 Å². The van der Waals surface area contributed by atoms with Gasteiger partial charge in [0.2, 0.25) is 0 Å². The zero-order chi connectivity index (χ0) is 11.5. The van der Waals surface area contributed by atoms with Gasteiger partial charge in [-0.15, -0.1) is 22.7 Å². The molecule has 82 valence electrons. The largest absolute Gasteiger partial charge is 0.478 e. The van der Waals surface area contributed by atoms with Crippen molar-refractivity contribution >= 4 is 51.9 Å². The molecule has 0 saturated heterocycles. The third-order valence-corrected chi connectivity index (χ3v) is 3.98. The van der Waals surface area contributed by atoms with Crippen LogP contribution in [-0.4, -0.2) is 11.1 Å². The van der Waals surface area contributed by atoms with E-state index < -0.39 is 5.97 Å². The Morgan fingerprint density at radius 2 is 2.19 bits per heavy atom. The number of thiophene rings is 2. The van der Waals surface area contributed by atoms with Gasteiger partial charge >= 0.3 is 5.97 Å². The minimum Gasteiger partial charge on any atom is -0.478 e. The highest BCUT2D eigenvalue weighted by Gasteiger charge is 2.12. The lowest BCUT2D eigenvalue weighted by Gasteiger charge is -1.97. The summed E-state index contributed by atoms with van der Waals surface area (Å²) in [5.41, 5.74) is 0.277. The molecule has 0 amide bonds. The number of aliphatic carboxylic acids is 1. The third kappa shape index (κ3) is 2.52. The van der Waals surface area contributed by atoms with Gasteiger partial charge in [0.1, 0.15) is 0 Å². The maximum atomic E-state index is 11.1. The fraction of sp³-hybridized carbons (Fsp3) is 0. The minimum absolute atomic E-state index is 0.277. The summed E-state index contributed by atoms with van der Waals surface area (Å²) in [6.07, 6.45) is 1.66. The molecule has 2 aromatic heterocycles. The van der Waals surface area contributed by atoms with E-state index in [1.54, 1.807) is 18.2 Å². The molecule has 0 spiro atoms. The Morgan fingerprint density at radius 3 is 2.69 bits per heavy atom. The summed E-state index contributed by atoms with van der Waals surface area (Å²) < 4.78 is 0.591. The highest BCUT2D eigenvalue weighted by molar-refractivity contribution is 7.17. The van der Waals surface area contributed by atoms with Gasteiger partial charge in [-0.3, -0.25) is 0 Å². The van der Waals surface area contributed by atoms with Gasteiger partial charge in [-0.05, 0) is 29.7 Å². The van der Waals surface area contributed by atoms with Crippen molar-refractivity contribution < 1.29 is 9.90 Å². The van der Waals surface area contributed by atoms with Gasteiger partial charge in [0, 0.05) is 9.75 Å². The lowest BCUT2D eigenvalue weighted by molar-refractivity contribution is -0.130. The molecule has 0 aromatic carbocycles. The van der Waals surface area contributed by atoms with E-state index in [4.69, 9.17) is 16.7 Å². The van der Waals surface area contributed by atoms with Crippen molar-refractivity contribution in [1.82, 2.24) is 0 Å². The number of carboxylic acids is 1. The number of halogens is 1. The summed E-state index contributed by atoms with van der Waals surface area (Å²) in [6.45, 7) is 0. The molecule has 2 heterocycles. The van der Waals surface area contributed by atoms with Crippen molar-refractivity contribution in [2.75, 3.05) is 0 Å². The number of hydrogen-bond donors (Lipinski definition) is 1. The van der Waals surface area contributed by atoms with Crippen molar-refractivity contribution in [2.24, 2.45) is 0 Å². The monoisotopic (exact) mass is 270 g/mol. The van der Waals surface area contributed by atoms with E-state index in [0.717, 1.165) is 4.88 Å². The summed E-state index contributed by atoms with van der Waals surface area (Å²) in [4.78, 5) is 12.7. The quantitative estimate of drug-likeness (QED) is 0.853. The van der Waals surface area contributed by atoms with E-state index in [9.17, 15) is 4.79 Å². The molecule has 0 atom stereocenters. The molecule has 1 N–H and O–H groups in total. The molecule has 0 fully saturated rings. The number of carbonyl (C=O) groups is 1. The Bertz CT molecular complexity index is 526. The first-order chi connectivity index (χ1) is 7.66. The van der Waals surface area contributed by atoms with Crippen LogP contribution in [0.5, 0.6) is 0 Å². The Morgan fingerprint density at radius 1 is 1.38 bits per heavy atom. The smallest absolute Gasteiger partial charge is 0.337 e. The molecular formula is C11H7ClO2S2. The summed E-state index contributed by atoms with van der Waals surface area (Å²) >= 11 is 8.56. The van der Waals surface area contributed by atoms with Crippen molar-refractivity contribution in [3.05, 3.63) is 43.7 Å². The SMILES string of the molecule is O=C(O)/C(=C\c1cccs1)c1ccc(Cl)s1. The van der Waals surface area contributed by atoms with Crippen LogP contribution in [0.2, 0.25) is 4.34 Å². The van der Waals surface area contributed by atoms with E-state index in [1.807, 2.05) is 17.5 Å². The van der Waals surface area contributed by atoms with Crippen LogP contribution in [0.3, 0.4) is 0 Å². The van der Waals surface area contributed by atoms with Crippen LogP contribution in [0.4, 0.5) is 0 Å². The molecule has 0 unspecified atom stereocenters. The first-order valence-corrected chi connectivity index (χ1v) is 6.48. The number of hydrogen-bond acceptors (Lipinski definition) is 3. The average Bonchev–Trinajstić information content (AvgIpc) is 2.84. The van der Waals surface area contributed by atoms with Crippen LogP contribution < -0.4 is 0 Å². The fourth-order valence-electron chi connectivity index (χ4n) is 1.21. The van der Waals surface area contributed by atoms with E-state index in [1.165, 1.54) is 22.7 Å². The van der Waals surface area contributed by atoms with Gasteiger partial charge in [0.15, 0.2) is 0 Å². The molecule has 0 bridgehead atoms. The second kappa shape index (κ2) is 4.82. The maximum Gasteiger partial charge on any atom is 0.337 e. The van der Waals surface area contributed by atoms with Gasteiger partial charge in [-0.25, -0.2) is 4.79 Å². The molecular weight excluding hydrogens is 264 g/mol. The van der Waals surface area contributed by atoms with E-state index in [-0.39, 0.29) is 5.57 Å². The van der Waals surface area contributed by atoms with Crippen LogP contribution >= 0.6 is 34.3 Å². The fourth-order valence-corrected chi connectivity index (χ4v) is 2.92. The maximum absolute atomic E-state index is 11.1. The van der Waals surface area contributed by atoms with Crippen molar-refractivity contribution in [1.29, 1.82) is 0 Å². The van der Waals surface area contributed by atoms with E-state index in [2.05, 4.69) is 0 Å². The molecule has 16 heavy (non-hydrogen) atoms. The van der Waals surface area contributed by atoms with E-state index >= 15 is 0 Å². The standard InChI is InChI=1S/C11H7ClO2S2/c12-10-4-3-9(16-10)8(11(13)14)6-7-2-1-5-15-7/h1-6H,(H,13,14)/b8-6-. The molecule has 2 aromatic rings. The molecule has 0 saturated carbocycles. The van der Waals surface area contributed by atoms with Crippen LogP contribution in [0, 0.1) is 0 Å².